The first-order valence-electron chi connectivity index (χ1n) is 5.09. The molecule has 1 unspecified atom stereocenters. The molecule has 0 aromatic heterocycles. The fourth-order valence-electron chi connectivity index (χ4n) is 1.21. The zero-order valence-corrected chi connectivity index (χ0v) is 10.8. The average molecular weight is 274 g/mol. The Bertz CT molecular complexity index is 505. The Kier molecular flexibility index (Phi) is 4.83. The molecular weight excluding hydrogens is 260 g/mol. The Labute approximate surface area is 105 Å². The molecule has 1 atom stereocenters. The number of hydrogen-bond donors (Lipinski definition) is 1. The van der Waals surface area contributed by atoms with Gasteiger partial charge in [-0.15, -0.1) is 0 Å². The molecule has 1 rings (SSSR count). The average Bonchev–Trinajstić information content (AvgIpc) is 2.25. The number of aliphatic hydroxyl groups excluding tert-OH is 1. The maximum Gasteiger partial charge on any atom is 0.308 e. The van der Waals surface area contributed by atoms with E-state index in [4.69, 9.17) is 4.74 Å². The van der Waals surface area contributed by atoms with Gasteiger partial charge < -0.3 is 9.84 Å². The second kappa shape index (κ2) is 5.94. The molecule has 1 aromatic carbocycles. The summed E-state index contributed by atoms with van der Waals surface area (Å²) in [6.45, 7) is 0.925. The van der Waals surface area contributed by atoms with E-state index in [0.717, 1.165) is 6.26 Å². The van der Waals surface area contributed by atoms with E-state index in [1.54, 1.807) is 0 Å². The van der Waals surface area contributed by atoms with Crippen LogP contribution in [0.25, 0.3) is 0 Å². The Morgan fingerprint density at radius 1 is 1.33 bits per heavy atom. The third kappa shape index (κ3) is 5.26. The molecule has 0 aliphatic rings. The van der Waals surface area contributed by atoms with Crippen molar-refractivity contribution in [2.75, 3.05) is 12.9 Å². The molecule has 0 amide bonds. The molecule has 0 bridgehead atoms. The summed E-state index contributed by atoms with van der Waals surface area (Å²) >= 11 is 0. The van der Waals surface area contributed by atoms with Crippen LogP contribution in [0.5, 0.6) is 5.75 Å². The Hall–Kier alpha value is -1.44. The Balaban J connectivity index is 2.64. The van der Waals surface area contributed by atoms with Crippen molar-refractivity contribution in [1.82, 2.24) is 0 Å². The number of carbonyl (C=O) groups is 1. The largest absolute Gasteiger partial charge is 0.427 e. The number of ether oxygens (including phenoxy) is 1. The first-order chi connectivity index (χ1) is 8.28. The summed E-state index contributed by atoms with van der Waals surface area (Å²) in [5, 5.41) is 9.66. The van der Waals surface area contributed by atoms with Crippen molar-refractivity contribution in [3.63, 3.8) is 0 Å². The lowest BCUT2D eigenvalue weighted by Gasteiger charge is -2.10. The number of aliphatic hydroxyl groups is 1. The minimum atomic E-state index is -3.58. The van der Waals surface area contributed by atoms with Gasteiger partial charge in [-0.2, -0.15) is 8.42 Å². The van der Waals surface area contributed by atoms with Crippen molar-refractivity contribution < 1.29 is 27.2 Å². The van der Waals surface area contributed by atoms with Crippen molar-refractivity contribution >= 4 is 16.1 Å². The van der Waals surface area contributed by atoms with Crippen LogP contribution < -0.4 is 4.74 Å². The van der Waals surface area contributed by atoms with Gasteiger partial charge in [0.15, 0.2) is 0 Å². The van der Waals surface area contributed by atoms with Gasteiger partial charge in [0.25, 0.3) is 10.1 Å². The molecule has 0 saturated carbocycles. The first kappa shape index (κ1) is 14.6. The minimum Gasteiger partial charge on any atom is -0.427 e. The second-order valence-corrected chi connectivity index (χ2v) is 5.31. The summed E-state index contributed by atoms with van der Waals surface area (Å²) in [6.07, 6.45) is -0.158. The number of benzene rings is 1. The monoisotopic (exact) mass is 274 g/mol. The first-order valence-corrected chi connectivity index (χ1v) is 6.90. The van der Waals surface area contributed by atoms with Gasteiger partial charge in [-0.1, -0.05) is 12.1 Å². The predicted octanol–water partition coefficient (Wildman–Crippen LogP) is 0.622. The Morgan fingerprint density at radius 2 is 1.89 bits per heavy atom. The highest BCUT2D eigenvalue weighted by Crippen LogP contribution is 2.18. The van der Waals surface area contributed by atoms with Gasteiger partial charge in [-0.05, 0) is 17.7 Å². The maximum atomic E-state index is 10.8. The van der Waals surface area contributed by atoms with Gasteiger partial charge in [-0.25, -0.2) is 0 Å². The van der Waals surface area contributed by atoms with Crippen molar-refractivity contribution in [2.45, 2.75) is 13.0 Å². The number of carbonyl (C=O) groups excluding carboxylic acids is 1. The molecule has 6 nitrogen and oxygen atoms in total. The predicted molar refractivity (Wildman–Crippen MR) is 63.5 cm³/mol. The van der Waals surface area contributed by atoms with Crippen LogP contribution in [-0.4, -0.2) is 32.4 Å². The van der Waals surface area contributed by atoms with E-state index in [-0.39, 0.29) is 6.61 Å². The van der Waals surface area contributed by atoms with Crippen LogP contribution in [0.3, 0.4) is 0 Å². The van der Waals surface area contributed by atoms with E-state index in [2.05, 4.69) is 4.18 Å². The fraction of sp³-hybridized carbons (Fsp3) is 0.364. The zero-order chi connectivity index (χ0) is 13.8. The van der Waals surface area contributed by atoms with Gasteiger partial charge in [-0.3, -0.25) is 8.98 Å². The molecule has 0 aliphatic heterocycles. The summed E-state index contributed by atoms with van der Waals surface area (Å²) in [5.41, 5.74) is 0.467. The molecule has 1 aromatic rings. The van der Waals surface area contributed by atoms with Gasteiger partial charge in [0.1, 0.15) is 11.9 Å². The quantitative estimate of drug-likeness (QED) is 0.481. The summed E-state index contributed by atoms with van der Waals surface area (Å²) in [5.74, 6) is -0.0915. The highest BCUT2D eigenvalue weighted by molar-refractivity contribution is 7.85. The van der Waals surface area contributed by atoms with E-state index in [1.807, 2.05) is 0 Å². The molecule has 18 heavy (non-hydrogen) atoms. The lowest BCUT2D eigenvalue weighted by Crippen LogP contribution is -2.11. The lowest BCUT2D eigenvalue weighted by atomic mass is 10.1. The summed E-state index contributed by atoms with van der Waals surface area (Å²) in [7, 11) is -3.58. The standard InChI is InChI=1S/C11H14O6S/c1-8(12)17-10-5-3-9(4-6-10)11(13)7-16-18(2,14)15/h3-6,11,13H,7H2,1-2H3. The molecule has 0 fully saturated rings. The van der Waals surface area contributed by atoms with E-state index in [0.29, 0.717) is 11.3 Å². The lowest BCUT2D eigenvalue weighted by molar-refractivity contribution is -0.131. The zero-order valence-electron chi connectivity index (χ0n) is 9.99. The van der Waals surface area contributed by atoms with E-state index >= 15 is 0 Å². The number of hydrogen-bond acceptors (Lipinski definition) is 6. The number of rotatable bonds is 5. The summed E-state index contributed by atoms with van der Waals surface area (Å²) in [6, 6.07) is 6.05. The van der Waals surface area contributed by atoms with Gasteiger partial charge in [0, 0.05) is 6.92 Å². The normalized spacial score (nSPS) is 13.1. The van der Waals surface area contributed by atoms with E-state index in [9.17, 15) is 18.3 Å². The molecular formula is C11H14O6S. The molecule has 100 valence electrons. The van der Waals surface area contributed by atoms with Crippen molar-refractivity contribution in [1.29, 1.82) is 0 Å². The highest BCUT2D eigenvalue weighted by Gasteiger charge is 2.11. The third-order valence-electron chi connectivity index (χ3n) is 1.97. The summed E-state index contributed by atoms with van der Waals surface area (Å²) < 4.78 is 30.8. The van der Waals surface area contributed by atoms with Crippen LogP contribution >= 0.6 is 0 Å². The van der Waals surface area contributed by atoms with Crippen LogP contribution in [0.1, 0.15) is 18.6 Å². The van der Waals surface area contributed by atoms with Crippen molar-refractivity contribution in [3.05, 3.63) is 29.8 Å². The molecule has 0 heterocycles. The molecule has 0 saturated heterocycles. The van der Waals surface area contributed by atoms with E-state index in [1.165, 1.54) is 31.2 Å². The van der Waals surface area contributed by atoms with Gasteiger partial charge in [0.2, 0.25) is 0 Å². The van der Waals surface area contributed by atoms with E-state index < -0.39 is 22.2 Å². The molecule has 7 heteroatoms. The molecule has 0 aliphatic carbocycles. The Morgan fingerprint density at radius 3 is 2.33 bits per heavy atom. The van der Waals surface area contributed by atoms with Crippen LogP contribution in [0, 0.1) is 0 Å². The highest BCUT2D eigenvalue weighted by atomic mass is 32.2. The van der Waals surface area contributed by atoms with Crippen molar-refractivity contribution in [2.24, 2.45) is 0 Å². The van der Waals surface area contributed by atoms with Crippen LogP contribution in [0.4, 0.5) is 0 Å². The second-order valence-electron chi connectivity index (χ2n) is 3.67. The summed E-state index contributed by atoms with van der Waals surface area (Å²) in [4.78, 5) is 10.7. The maximum absolute atomic E-state index is 10.8. The third-order valence-corrected chi connectivity index (χ3v) is 2.53. The number of esters is 1. The molecule has 0 radical (unpaired) electrons. The van der Waals surface area contributed by atoms with Gasteiger partial charge >= 0.3 is 5.97 Å². The topological polar surface area (TPSA) is 89.9 Å². The van der Waals surface area contributed by atoms with Crippen LogP contribution in [-0.2, 0) is 19.1 Å². The van der Waals surface area contributed by atoms with Crippen LogP contribution in [0.2, 0.25) is 0 Å². The molecule has 1 N–H and O–H groups in total. The van der Waals surface area contributed by atoms with Gasteiger partial charge in [0.05, 0.1) is 12.9 Å². The SMILES string of the molecule is CC(=O)Oc1ccc(C(O)COS(C)(=O)=O)cc1. The fourth-order valence-corrected chi connectivity index (χ4v) is 1.58. The smallest absolute Gasteiger partial charge is 0.308 e. The minimum absolute atomic E-state index is 0.350. The van der Waals surface area contributed by atoms with Crippen LogP contribution in [0.15, 0.2) is 24.3 Å². The molecule has 0 spiro atoms. The van der Waals surface area contributed by atoms with Crippen molar-refractivity contribution in [3.8, 4) is 5.75 Å².